The molecule has 0 radical (unpaired) electrons. The fraction of sp³-hybridized carbons (Fsp3) is 0.293. The Morgan fingerprint density at radius 2 is 1.52 bits per heavy atom. The van der Waals surface area contributed by atoms with Gasteiger partial charge in [0.05, 0.1) is 37.2 Å². The summed E-state index contributed by atoms with van der Waals surface area (Å²) in [5.41, 5.74) is 0.860. The van der Waals surface area contributed by atoms with Gasteiger partial charge in [-0.25, -0.2) is 0 Å². The Hall–Kier alpha value is -5.25. The molecule has 6 atom stereocenters. The van der Waals surface area contributed by atoms with Crippen LogP contribution in [0.25, 0.3) is 10.8 Å². The first-order valence-corrected chi connectivity index (χ1v) is 17.3. The minimum atomic E-state index is -1.43. The van der Waals surface area contributed by atoms with Gasteiger partial charge in [-0.15, -0.1) is 0 Å². The van der Waals surface area contributed by atoms with Crippen molar-refractivity contribution in [2.24, 2.45) is 11.8 Å². The molecule has 9 nitrogen and oxygen atoms in total. The van der Waals surface area contributed by atoms with E-state index in [9.17, 15) is 9.90 Å². The summed E-state index contributed by atoms with van der Waals surface area (Å²) in [7, 11) is 0. The van der Waals surface area contributed by atoms with Crippen LogP contribution in [0, 0.1) is 11.8 Å². The molecule has 8 rings (SSSR count). The largest absolute Gasteiger partial charge is 0.494 e. The Morgan fingerprint density at radius 1 is 0.820 bits per heavy atom. The number of nitrogens with zero attached hydrogens (tertiary/aromatic N) is 3. The smallest absolute Gasteiger partial charge is 0.253 e. The summed E-state index contributed by atoms with van der Waals surface area (Å²) >= 11 is 0. The SMILES string of the molecule is CCOc1ccc(N2CC=C[C@@H]3O[C@]45C=CCN(c6ccc7ccccc7c6)C(=O)C4N([C@@H](CO)Cc4ccccc4)C(=O)[C@@H]5[C@@H]3C2=O)cc1. The summed E-state index contributed by atoms with van der Waals surface area (Å²) in [6.45, 7) is 2.64. The zero-order chi connectivity index (χ0) is 34.4. The van der Waals surface area contributed by atoms with Gasteiger partial charge < -0.3 is 29.3 Å². The summed E-state index contributed by atoms with van der Waals surface area (Å²) in [6, 6.07) is 28.9. The number of rotatable bonds is 8. The van der Waals surface area contributed by atoms with Gasteiger partial charge in [0, 0.05) is 24.5 Å². The van der Waals surface area contributed by atoms with Gasteiger partial charge in [0.1, 0.15) is 17.4 Å². The third-order valence-corrected chi connectivity index (χ3v) is 10.5. The number of carbonyl (C=O) groups is 3. The molecule has 1 unspecified atom stereocenters. The molecule has 4 aliphatic heterocycles. The first-order valence-electron chi connectivity index (χ1n) is 17.3. The number of hydrogen-bond donors (Lipinski definition) is 1. The summed E-state index contributed by atoms with van der Waals surface area (Å²) in [5, 5.41) is 12.9. The van der Waals surface area contributed by atoms with Crippen molar-refractivity contribution in [1.82, 2.24) is 4.90 Å². The lowest BCUT2D eigenvalue weighted by molar-refractivity contribution is -0.144. The van der Waals surface area contributed by atoms with Crippen LogP contribution in [-0.4, -0.2) is 77.8 Å². The van der Waals surface area contributed by atoms with Gasteiger partial charge in [-0.2, -0.15) is 0 Å². The maximum absolute atomic E-state index is 15.1. The number of likely N-dealkylation sites (tertiary alicyclic amines) is 1. The molecule has 50 heavy (non-hydrogen) atoms. The van der Waals surface area contributed by atoms with Crippen LogP contribution >= 0.6 is 0 Å². The number of benzene rings is 4. The number of amides is 3. The lowest BCUT2D eigenvalue weighted by atomic mass is 9.77. The van der Waals surface area contributed by atoms with E-state index < -0.39 is 35.6 Å². The van der Waals surface area contributed by atoms with Crippen LogP contribution in [0.2, 0.25) is 0 Å². The fourth-order valence-electron chi connectivity index (χ4n) is 8.30. The van der Waals surface area contributed by atoms with Crippen molar-refractivity contribution in [2.75, 3.05) is 36.1 Å². The number of ether oxygens (including phenoxy) is 2. The molecule has 0 aromatic heterocycles. The van der Waals surface area contributed by atoms with Crippen LogP contribution in [0.1, 0.15) is 12.5 Å². The number of hydrogen-bond acceptors (Lipinski definition) is 6. The zero-order valence-electron chi connectivity index (χ0n) is 27.8. The van der Waals surface area contributed by atoms with E-state index in [4.69, 9.17) is 9.47 Å². The molecule has 2 saturated heterocycles. The molecule has 3 amide bonds. The molecule has 4 aliphatic rings. The van der Waals surface area contributed by atoms with Gasteiger partial charge in [0.2, 0.25) is 11.8 Å². The first kappa shape index (κ1) is 32.0. The highest BCUT2D eigenvalue weighted by Gasteiger charge is 2.72. The van der Waals surface area contributed by atoms with Crippen molar-refractivity contribution in [2.45, 2.75) is 37.1 Å². The molecule has 1 N–H and O–H groups in total. The summed E-state index contributed by atoms with van der Waals surface area (Å²) in [5.74, 6) is -2.11. The van der Waals surface area contributed by atoms with Crippen LogP contribution in [-0.2, 0) is 25.5 Å². The number of aliphatic hydroxyl groups is 1. The van der Waals surface area contributed by atoms with Gasteiger partial charge in [0.25, 0.3) is 5.91 Å². The highest BCUT2D eigenvalue weighted by atomic mass is 16.5. The second-order valence-electron chi connectivity index (χ2n) is 13.3. The molecule has 4 aromatic carbocycles. The molecule has 254 valence electrons. The average molecular weight is 670 g/mol. The highest BCUT2D eigenvalue weighted by molar-refractivity contribution is 6.08. The standard InChI is InChI=1S/C41H39N3O6/c1-2-49-33-19-17-30(18-20-33)42-22-8-14-34-35(38(42)46)36-39(47)44(32(26-45)24-27-10-4-3-5-11-27)37-40(48)43(23-9-21-41(36,37)50-34)31-16-15-28-12-6-7-13-29(28)25-31/h3-21,25,32,34-37,45H,2,22-24,26H2,1H3/t32-,34+,35-,36+,37?,41+/m1/s1. The molecule has 9 heteroatoms. The molecule has 4 heterocycles. The molecular formula is C41H39N3O6. The van der Waals surface area contributed by atoms with E-state index in [-0.39, 0.29) is 30.9 Å². The lowest BCUT2D eigenvalue weighted by Crippen LogP contribution is -2.58. The molecule has 0 saturated carbocycles. The van der Waals surface area contributed by atoms with E-state index >= 15 is 9.59 Å². The third kappa shape index (κ3) is 5.20. The minimum Gasteiger partial charge on any atom is -0.494 e. The zero-order valence-corrected chi connectivity index (χ0v) is 27.8. The van der Waals surface area contributed by atoms with Crippen LogP contribution < -0.4 is 14.5 Å². The van der Waals surface area contributed by atoms with Crippen LogP contribution in [0.5, 0.6) is 5.75 Å². The van der Waals surface area contributed by atoms with Crippen LogP contribution in [0.15, 0.2) is 121 Å². The molecule has 0 aliphatic carbocycles. The Morgan fingerprint density at radius 3 is 2.28 bits per heavy atom. The monoisotopic (exact) mass is 669 g/mol. The highest BCUT2D eigenvalue weighted by Crippen LogP contribution is 2.54. The normalized spacial score (nSPS) is 26.4. The van der Waals surface area contributed by atoms with Crippen molar-refractivity contribution in [3.63, 3.8) is 0 Å². The van der Waals surface area contributed by atoms with Crippen molar-refractivity contribution in [3.8, 4) is 5.75 Å². The van der Waals surface area contributed by atoms with Gasteiger partial charge >= 0.3 is 0 Å². The number of carbonyl (C=O) groups excluding carboxylic acids is 3. The maximum Gasteiger partial charge on any atom is 0.253 e. The van der Waals surface area contributed by atoms with Crippen molar-refractivity contribution < 1.29 is 29.0 Å². The Labute approximate surface area is 291 Å². The van der Waals surface area contributed by atoms with Crippen molar-refractivity contribution in [1.29, 1.82) is 0 Å². The van der Waals surface area contributed by atoms with Gasteiger partial charge in [-0.3, -0.25) is 14.4 Å². The second-order valence-corrected chi connectivity index (χ2v) is 13.3. The first-order chi connectivity index (χ1) is 24.4. The van der Waals surface area contributed by atoms with E-state index in [0.29, 0.717) is 36.7 Å². The van der Waals surface area contributed by atoms with E-state index in [1.807, 2.05) is 128 Å². The number of aliphatic hydroxyl groups excluding tert-OH is 1. The van der Waals surface area contributed by atoms with E-state index in [1.165, 1.54) is 4.90 Å². The van der Waals surface area contributed by atoms with Gasteiger partial charge in [0.15, 0.2) is 0 Å². The lowest BCUT2D eigenvalue weighted by Gasteiger charge is -2.38. The number of fused-ring (bicyclic) bond motifs is 3. The van der Waals surface area contributed by atoms with E-state index in [2.05, 4.69) is 0 Å². The molecule has 1 spiro atoms. The topological polar surface area (TPSA) is 99.6 Å². The molecule has 4 aromatic rings. The van der Waals surface area contributed by atoms with E-state index in [0.717, 1.165) is 16.3 Å². The summed E-state index contributed by atoms with van der Waals surface area (Å²) < 4.78 is 12.5. The quantitative estimate of drug-likeness (QED) is 0.267. The molecule has 2 fully saturated rings. The van der Waals surface area contributed by atoms with Crippen LogP contribution in [0.3, 0.4) is 0 Å². The van der Waals surface area contributed by atoms with Crippen LogP contribution in [0.4, 0.5) is 11.4 Å². The minimum absolute atomic E-state index is 0.250. The van der Waals surface area contributed by atoms with Crippen molar-refractivity contribution >= 4 is 39.9 Å². The molecule has 0 bridgehead atoms. The predicted molar refractivity (Wildman–Crippen MR) is 191 cm³/mol. The van der Waals surface area contributed by atoms with Crippen molar-refractivity contribution in [3.05, 3.63) is 127 Å². The Balaban J connectivity index is 1.22. The van der Waals surface area contributed by atoms with E-state index in [1.54, 1.807) is 9.80 Å². The Kier molecular flexibility index (Phi) is 8.25. The Bertz CT molecular complexity index is 1990. The fourth-order valence-corrected chi connectivity index (χ4v) is 8.30. The number of anilines is 2. The maximum atomic E-state index is 15.1. The predicted octanol–water partition coefficient (Wildman–Crippen LogP) is 4.93. The third-order valence-electron chi connectivity index (χ3n) is 10.5. The average Bonchev–Trinajstić information content (AvgIpc) is 3.46. The second kappa shape index (κ2) is 12.9. The van der Waals surface area contributed by atoms with Gasteiger partial charge in [-0.05, 0) is 66.1 Å². The summed E-state index contributed by atoms with van der Waals surface area (Å²) in [4.78, 5) is 49.6. The van der Waals surface area contributed by atoms with Gasteiger partial charge in [-0.1, -0.05) is 85.0 Å². The summed E-state index contributed by atoms with van der Waals surface area (Å²) in [6.07, 6.45) is 7.08. The molecular weight excluding hydrogens is 630 g/mol.